The predicted octanol–water partition coefficient (Wildman–Crippen LogP) is 1.95. The van der Waals surface area contributed by atoms with Crippen LogP contribution in [0.1, 0.15) is 26.3 Å². The van der Waals surface area contributed by atoms with Gasteiger partial charge in [0.2, 0.25) is 0 Å². The topological polar surface area (TPSA) is 90.9 Å². The highest BCUT2D eigenvalue weighted by Crippen LogP contribution is 2.16. The lowest BCUT2D eigenvalue weighted by Gasteiger charge is -2.10. The van der Waals surface area contributed by atoms with E-state index < -0.39 is 24.5 Å². The van der Waals surface area contributed by atoms with E-state index in [-0.39, 0.29) is 17.7 Å². The zero-order valence-corrected chi connectivity index (χ0v) is 14.5. The lowest BCUT2D eigenvalue weighted by Crippen LogP contribution is -2.28. The second kappa shape index (κ2) is 9.22. The Bertz CT molecular complexity index is 802. The van der Waals surface area contributed by atoms with Crippen molar-refractivity contribution in [3.63, 3.8) is 0 Å². The molecule has 0 spiro atoms. The van der Waals surface area contributed by atoms with Crippen LogP contribution in [0.2, 0.25) is 0 Å². The average molecular weight is 357 g/mol. The van der Waals surface area contributed by atoms with Gasteiger partial charge in [0.1, 0.15) is 5.75 Å². The second-order valence-corrected chi connectivity index (χ2v) is 5.24. The van der Waals surface area contributed by atoms with Crippen LogP contribution in [0.4, 0.5) is 0 Å². The maximum absolute atomic E-state index is 12.0. The Morgan fingerprint density at radius 3 is 2.31 bits per heavy atom. The Balaban J connectivity index is 1.87. The molecule has 0 radical (unpaired) electrons. The molecule has 7 nitrogen and oxygen atoms in total. The van der Waals surface area contributed by atoms with E-state index in [9.17, 15) is 14.4 Å². The summed E-state index contributed by atoms with van der Waals surface area (Å²) < 4.78 is 14.8. The largest absolute Gasteiger partial charge is 0.496 e. The van der Waals surface area contributed by atoms with Crippen molar-refractivity contribution in [2.24, 2.45) is 0 Å². The lowest BCUT2D eigenvalue weighted by atomic mass is 10.1. The molecule has 7 heteroatoms. The number of amides is 1. The number of para-hydroxylation sites is 1. The molecule has 0 saturated heterocycles. The van der Waals surface area contributed by atoms with Gasteiger partial charge in [-0.3, -0.25) is 4.79 Å². The van der Waals surface area contributed by atoms with Crippen molar-refractivity contribution in [2.75, 3.05) is 20.8 Å². The third-order valence-electron chi connectivity index (χ3n) is 3.52. The highest BCUT2D eigenvalue weighted by atomic mass is 16.5. The number of benzene rings is 2. The number of carbonyl (C=O) groups excluding carboxylic acids is 3. The molecule has 0 fully saturated rings. The van der Waals surface area contributed by atoms with E-state index in [1.165, 1.54) is 31.4 Å². The van der Waals surface area contributed by atoms with Crippen LogP contribution in [0, 0.1) is 0 Å². The molecule has 0 aromatic heterocycles. The summed E-state index contributed by atoms with van der Waals surface area (Å²) in [5, 5.41) is 2.65. The fourth-order valence-corrected chi connectivity index (χ4v) is 2.20. The Morgan fingerprint density at radius 2 is 1.62 bits per heavy atom. The average Bonchev–Trinajstić information content (AvgIpc) is 2.70. The van der Waals surface area contributed by atoms with Crippen molar-refractivity contribution in [3.8, 4) is 5.75 Å². The number of nitrogens with one attached hydrogen (secondary N) is 1. The van der Waals surface area contributed by atoms with Crippen molar-refractivity contribution < 1.29 is 28.6 Å². The molecule has 0 aliphatic rings. The molecular formula is C19H19NO6. The molecular weight excluding hydrogens is 338 g/mol. The summed E-state index contributed by atoms with van der Waals surface area (Å²) in [5.41, 5.74) is 1.19. The minimum absolute atomic E-state index is 0.158. The van der Waals surface area contributed by atoms with Crippen LogP contribution in [0.3, 0.4) is 0 Å². The van der Waals surface area contributed by atoms with Gasteiger partial charge in [-0.05, 0) is 24.3 Å². The normalized spacial score (nSPS) is 9.92. The van der Waals surface area contributed by atoms with Gasteiger partial charge in [0, 0.05) is 12.1 Å². The Morgan fingerprint density at radius 1 is 0.923 bits per heavy atom. The first-order chi connectivity index (χ1) is 12.5. The molecule has 136 valence electrons. The van der Waals surface area contributed by atoms with Crippen molar-refractivity contribution in [3.05, 3.63) is 65.2 Å². The zero-order valence-electron chi connectivity index (χ0n) is 14.5. The molecule has 2 rings (SSSR count). The molecule has 0 aliphatic heterocycles. The van der Waals surface area contributed by atoms with Gasteiger partial charge in [0.05, 0.1) is 25.3 Å². The van der Waals surface area contributed by atoms with E-state index in [1.54, 1.807) is 13.2 Å². The molecule has 2 aromatic carbocycles. The number of ether oxygens (including phenoxy) is 3. The first-order valence-corrected chi connectivity index (χ1v) is 7.79. The Hall–Kier alpha value is -3.35. The number of esters is 2. The van der Waals surface area contributed by atoms with Gasteiger partial charge >= 0.3 is 11.9 Å². The smallest absolute Gasteiger partial charge is 0.338 e. The third-order valence-corrected chi connectivity index (χ3v) is 3.52. The molecule has 1 N–H and O–H groups in total. The van der Waals surface area contributed by atoms with Crippen LogP contribution in [0.15, 0.2) is 48.5 Å². The monoisotopic (exact) mass is 357 g/mol. The van der Waals surface area contributed by atoms with Gasteiger partial charge in [-0.25, -0.2) is 9.59 Å². The van der Waals surface area contributed by atoms with Crippen LogP contribution in [0.25, 0.3) is 0 Å². The molecule has 0 unspecified atom stereocenters. The predicted molar refractivity (Wildman–Crippen MR) is 92.9 cm³/mol. The van der Waals surface area contributed by atoms with Crippen molar-refractivity contribution >= 4 is 17.8 Å². The quantitative estimate of drug-likeness (QED) is 0.762. The van der Waals surface area contributed by atoms with E-state index in [2.05, 4.69) is 10.1 Å². The molecule has 26 heavy (non-hydrogen) atoms. The van der Waals surface area contributed by atoms with Crippen LogP contribution < -0.4 is 10.1 Å². The molecule has 0 aliphatic carbocycles. The van der Waals surface area contributed by atoms with E-state index in [0.29, 0.717) is 5.75 Å². The van der Waals surface area contributed by atoms with Crippen LogP contribution in [-0.2, 0) is 20.8 Å². The van der Waals surface area contributed by atoms with Crippen molar-refractivity contribution in [1.82, 2.24) is 5.32 Å². The number of hydrogen-bond donors (Lipinski definition) is 1. The standard InChI is InChI=1S/C19H19NO6/c1-24-16-9-4-3-6-15(16)11-20-17(21)12-26-19(23)14-8-5-7-13(10-14)18(22)25-2/h3-10H,11-12H2,1-2H3,(H,20,21). The van der Waals surface area contributed by atoms with Crippen molar-refractivity contribution in [2.45, 2.75) is 6.54 Å². The molecule has 0 bridgehead atoms. The lowest BCUT2D eigenvalue weighted by molar-refractivity contribution is -0.124. The van der Waals surface area contributed by atoms with Gasteiger partial charge in [-0.2, -0.15) is 0 Å². The fourth-order valence-electron chi connectivity index (χ4n) is 2.20. The summed E-state index contributed by atoms with van der Waals surface area (Å²) in [4.78, 5) is 35.4. The molecule has 0 heterocycles. The minimum atomic E-state index is -0.705. The van der Waals surface area contributed by atoms with E-state index in [0.717, 1.165) is 5.56 Å². The maximum Gasteiger partial charge on any atom is 0.338 e. The van der Waals surface area contributed by atoms with E-state index in [4.69, 9.17) is 9.47 Å². The summed E-state index contributed by atoms with van der Waals surface area (Å²) in [5.74, 6) is -1.06. The highest BCUT2D eigenvalue weighted by molar-refractivity contribution is 5.96. The number of methoxy groups -OCH3 is 2. The number of hydrogen-bond acceptors (Lipinski definition) is 6. The first-order valence-electron chi connectivity index (χ1n) is 7.79. The van der Waals surface area contributed by atoms with Gasteiger partial charge in [0.15, 0.2) is 6.61 Å². The second-order valence-electron chi connectivity index (χ2n) is 5.24. The van der Waals surface area contributed by atoms with Gasteiger partial charge in [0.25, 0.3) is 5.91 Å². The van der Waals surface area contributed by atoms with E-state index >= 15 is 0 Å². The van der Waals surface area contributed by atoms with E-state index in [1.807, 2.05) is 18.2 Å². The van der Waals surface area contributed by atoms with Gasteiger partial charge in [-0.15, -0.1) is 0 Å². The molecule has 0 atom stereocenters. The minimum Gasteiger partial charge on any atom is -0.496 e. The molecule has 0 saturated carbocycles. The van der Waals surface area contributed by atoms with Gasteiger partial charge in [-0.1, -0.05) is 24.3 Å². The number of rotatable bonds is 7. The summed E-state index contributed by atoms with van der Waals surface area (Å²) >= 11 is 0. The summed E-state index contributed by atoms with van der Waals surface area (Å²) in [6.45, 7) is -0.186. The first kappa shape index (κ1) is 19.0. The zero-order chi connectivity index (χ0) is 18.9. The summed E-state index contributed by atoms with van der Waals surface area (Å²) in [7, 11) is 2.80. The molecule has 2 aromatic rings. The molecule has 1 amide bonds. The maximum atomic E-state index is 12.0. The third kappa shape index (κ3) is 5.07. The SMILES string of the molecule is COC(=O)c1cccc(C(=O)OCC(=O)NCc2ccccc2OC)c1. The fraction of sp³-hybridized carbons (Fsp3) is 0.211. The highest BCUT2D eigenvalue weighted by Gasteiger charge is 2.13. The van der Waals surface area contributed by atoms with Crippen LogP contribution in [-0.4, -0.2) is 38.7 Å². The van der Waals surface area contributed by atoms with Crippen molar-refractivity contribution in [1.29, 1.82) is 0 Å². The number of carbonyl (C=O) groups is 3. The summed E-state index contributed by atoms with van der Waals surface area (Å²) in [6.07, 6.45) is 0. The summed E-state index contributed by atoms with van der Waals surface area (Å²) in [6, 6.07) is 13.2. The Kier molecular flexibility index (Phi) is 6.73. The van der Waals surface area contributed by atoms with Gasteiger partial charge < -0.3 is 19.5 Å². The van der Waals surface area contributed by atoms with Crippen LogP contribution in [0.5, 0.6) is 5.75 Å². The Labute approximate surface area is 150 Å². The van der Waals surface area contributed by atoms with Crippen LogP contribution >= 0.6 is 0 Å².